The summed E-state index contributed by atoms with van der Waals surface area (Å²) in [6.07, 6.45) is 5.14. The molecule has 0 aromatic heterocycles. The molecule has 1 aliphatic rings. The number of nitrogens with zero attached hydrogens (tertiary/aromatic N) is 1. The first-order valence-electron chi connectivity index (χ1n) is 7.20. The van der Waals surface area contributed by atoms with Gasteiger partial charge in [0.15, 0.2) is 0 Å². The van der Waals surface area contributed by atoms with Gasteiger partial charge in [0.05, 0.1) is 12.5 Å². The summed E-state index contributed by atoms with van der Waals surface area (Å²) in [5.41, 5.74) is 5.37. The maximum absolute atomic E-state index is 11.9. The van der Waals surface area contributed by atoms with Crippen molar-refractivity contribution in [2.45, 2.75) is 19.8 Å². The standard InChI is InChI=1S/C14H25N3O3/c1-2-20-13(18)6-4-10-17-9-3-5-12(11-17)14(19)16-8-7-15/h4,6,12H,2-3,5,7-11,15H2,1H3,(H,16,19)/b6-4+. The van der Waals surface area contributed by atoms with Crippen LogP contribution >= 0.6 is 0 Å². The maximum atomic E-state index is 11.9. The van der Waals surface area contributed by atoms with Crippen LogP contribution < -0.4 is 11.1 Å². The second-order valence-electron chi connectivity index (χ2n) is 4.83. The summed E-state index contributed by atoms with van der Waals surface area (Å²) in [6.45, 7) is 5.50. The van der Waals surface area contributed by atoms with E-state index in [1.807, 2.05) is 0 Å². The van der Waals surface area contributed by atoms with Crippen molar-refractivity contribution in [1.29, 1.82) is 0 Å². The van der Waals surface area contributed by atoms with Gasteiger partial charge in [-0.15, -0.1) is 0 Å². The number of nitrogens with two attached hydrogens (primary N) is 1. The van der Waals surface area contributed by atoms with Crippen molar-refractivity contribution in [3.8, 4) is 0 Å². The molecule has 0 saturated carbocycles. The van der Waals surface area contributed by atoms with Crippen LogP contribution in [0.3, 0.4) is 0 Å². The van der Waals surface area contributed by atoms with Gasteiger partial charge < -0.3 is 15.8 Å². The summed E-state index contributed by atoms with van der Waals surface area (Å²) in [5.74, 6) is -0.220. The minimum atomic E-state index is -0.318. The number of esters is 1. The Morgan fingerprint density at radius 3 is 3.00 bits per heavy atom. The predicted molar refractivity (Wildman–Crippen MR) is 77.0 cm³/mol. The maximum Gasteiger partial charge on any atom is 0.330 e. The quantitative estimate of drug-likeness (QED) is 0.503. The lowest BCUT2D eigenvalue weighted by Gasteiger charge is -2.31. The van der Waals surface area contributed by atoms with E-state index in [2.05, 4.69) is 10.2 Å². The highest BCUT2D eigenvalue weighted by atomic mass is 16.5. The number of ether oxygens (including phenoxy) is 1. The SMILES string of the molecule is CCOC(=O)/C=C/CN1CCCC(C(=O)NCCN)C1. The Balaban J connectivity index is 2.33. The summed E-state index contributed by atoms with van der Waals surface area (Å²) in [7, 11) is 0. The van der Waals surface area contributed by atoms with Crippen LogP contribution in [0, 0.1) is 5.92 Å². The van der Waals surface area contributed by atoms with E-state index < -0.39 is 0 Å². The van der Waals surface area contributed by atoms with Gasteiger partial charge in [-0.2, -0.15) is 0 Å². The highest BCUT2D eigenvalue weighted by molar-refractivity contribution is 5.81. The van der Waals surface area contributed by atoms with Gasteiger partial charge in [-0.3, -0.25) is 9.69 Å². The monoisotopic (exact) mass is 283 g/mol. The van der Waals surface area contributed by atoms with Crippen LogP contribution in [-0.2, 0) is 14.3 Å². The summed E-state index contributed by atoms with van der Waals surface area (Å²) < 4.78 is 4.81. The second kappa shape index (κ2) is 9.50. The van der Waals surface area contributed by atoms with Crippen molar-refractivity contribution in [3.63, 3.8) is 0 Å². The number of hydrogen-bond acceptors (Lipinski definition) is 5. The van der Waals surface area contributed by atoms with Gasteiger partial charge in [0.25, 0.3) is 0 Å². The molecule has 1 amide bonds. The number of amides is 1. The molecule has 0 bridgehead atoms. The number of piperidine rings is 1. The molecule has 0 aromatic rings. The summed E-state index contributed by atoms with van der Waals surface area (Å²) in [4.78, 5) is 25.2. The zero-order valence-corrected chi connectivity index (χ0v) is 12.1. The largest absolute Gasteiger partial charge is 0.463 e. The zero-order valence-electron chi connectivity index (χ0n) is 12.1. The Kier molecular flexibility index (Phi) is 7.91. The first-order chi connectivity index (χ1) is 9.67. The molecule has 1 atom stereocenters. The summed E-state index contributed by atoms with van der Waals surface area (Å²) in [6, 6.07) is 0. The van der Waals surface area contributed by atoms with Crippen LogP contribution in [0.2, 0.25) is 0 Å². The van der Waals surface area contributed by atoms with Gasteiger partial charge in [0, 0.05) is 32.3 Å². The number of carbonyl (C=O) groups excluding carboxylic acids is 2. The Bertz CT molecular complexity index is 345. The van der Waals surface area contributed by atoms with Crippen LogP contribution in [0.5, 0.6) is 0 Å². The molecule has 114 valence electrons. The van der Waals surface area contributed by atoms with Gasteiger partial charge in [-0.25, -0.2) is 4.79 Å². The van der Waals surface area contributed by atoms with E-state index >= 15 is 0 Å². The average Bonchev–Trinajstić information content (AvgIpc) is 2.45. The third-order valence-electron chi connectivity index (χ3n) is 3.22. The lowest BCUT2D eigenvalue weighted by molar-refractivity contribution is -0.137. The lowest BCUT2D eigenvalue weighted by Crippen LogP contribution is -2.44. The lowest BCUT2D eigenvalue weighted by atomic mass is 9.97. The van der Waals surface area contributed by atoms with Crippen molar-refractivity contribution < 1.29 is 14.3 Å². The van der Waals surface area contributed by atoms with Crippen LogP contribution in [0.4, 0.5) is 0 Å². The molecule has 0 radical (unpaired) electrons. The first kappa shape index (κ1) is 16.7. The zero-order chi connectivity index (χ0) is 14.8. The first-order valence-corrected chi connectivity index (χ1v) is 7.20. The molecule has 6 nitrogen and oxygen atoms in total. The van der Waals surface area contributed by atoms with Crippen molar-refractivity contribution in [1.82, 2.24) is 10.2 Å². The Morgan fingerprint density at radius 1 is 1.50 bits per heavy atom. The molecule has 3 N–H and O–H groups in total. The number of likely N-dealkylation sites (tertiary alicyclic amines) is 1. The predicted octanol–water partition coefficient (Wildman–Crippen LogP) is -0.107. The highest BCUT2D eigenvalue weighted by Gasteiger charge is 2.24. The van der Waals surface area contributed by atoms with E-state index in [-0.39, 0.29) is 17.8 Å². The minimum Gasteiger partial charge on any atom is -0.463 e. The molecule has 0 aromatic carbocycles. The van der Waals surface area contributed by atoms with Crippen LogP contribution in [-0.4, -0.2) is 56.1 Å². The second-order valence-corrected chi connectivity index (χ2v) is 4.83. The smallest absolute Gasteiger partial charge is 0.330 e. The van der Waals surface area contributed by atoms with Crippen LogP contribution in [0.1, 0.15) is 19.8 Å². The van der Waals surface area contributed by atoms with Gasteiger partial charge in [-0.05, 0) is 26.3 Å². The van der Waals surface area contributed by atoms with Gasteiger partial charge in [0.1, 0.15) is 0 Å². The average molecular weight is 283 g/mol. The van der Waals surface area contributed by atoms with Crippen LogP contribution in [0.25, 0.3) is 0 Å². The third-order valence-corrected chi connectivity index (χ3v) is 3.22. The topological polar surface area (TPSA) is 84.7 Å². The molecule has 1 aliphatic heterocycles. The summed E-state index contributed by atoms with van der Waals surface area (Å²) >= 11 is 0. The Morgan fingerprint density at radius 2 is 2.30 bits per heavy atom. The fraction of sp³-hybridized carbons (Fsp3) is 0.714. The van der Waals surface area contributed by atoms with Crippen molar-refractivity contribution >= 4 is 11.9 Å². The molecule has 1 saturated heterocycles. The van der Waals surface area contributed by atoms with Crippen molar-refractivity contribution in [2.24, 2.45) is 11.7 Å². The molecule has 6 heteroatoms. The molecule has 20 heavy (non-hydrogen) atoms. The number of rotatable bonds is 7. The fourth-order valence-electron chi connectivity index (χ4n) is 2.26. The molecule has 0 spiro atoms. The van der Waals surface area contributed by atoms with E-state index in [0.717, 1.165) is 25.9 Å². The fourth-order valence-corrected chi connectivity index (χ4v) is 2.26. The van der Waals surface area contributed by atoms with Crippen LogP contribution in [0.15, 0.2) is 12.2 Å². The molecular weight excluding hydrogens is 258 g/mol. The Labute approximate surface area is 120 Å². The Hall–Kier alpha value is -1.40. The third kappa shape index (κ3) is 6.16. The van der Waals surface area contributed by atoms with E-state index in [4.69, 9.17) is 10.5 Å². The van der Waals surface area contributed by atoms with Crippen molar-refractivity contribution in [3.05, 3.63) is 12.2 Å². The van der Waals surface area contributed by atoms with Crippen molar-refractivity contribution in [2.75, 3.05) is 39.3 Å². The normalized spacial score (nSPS) is 20.0. The van der Waals surface area contributed by atoms with Gasteiger partial charge >= 0.3 is 5.97 Å². The van der Waals surface area contributed by atoms with Gasteiger partial charge in [0.2, 0.25) is 5.91 Å². The highest BCUT2D eigenvalue weighted by Crippen LogP contribution is 2.16. The number of carbonyl (C=O) groups is 2. The molecular formula is C14H25N3O3. The molecule has 1 unspecified atom stereocenters. The molecule has 0 aliphatic carbocycles. The minimum absolute atomic E-state index is 0.0197. The van der Waals surface area contributed by atoms with E-state index in [1.165, 1.54) is 6.08 Å². The molecule has 1 heterocycles. The van der Waals surface area contributed by atoms with Gasteiger partial charge in [-0.1, -0.05) is 6.08 Å². The number of hydrogen-bond donors (Lipinski definition) is 2. The molecule has 1 rings (SSSR count). The van der Waals surface area contributed by atoms with E-state index in [0.29, 0.717) is 26.2 Å². The molecule has 1 fully saturated rings. The van der Waals surface area contributed by atoms with E-state index in [9.17, 15) is 9.59 Å². The van der Waals surface area contributed by atoms with E-state index in [1.54, 1.807) is 13.0 Å². The summed E-state index contributed by atoms with van der Waals surface area (Å²) in [5, 5.41) is 2.83. The number of nitrogens with one attached hydrogen (secondary N) is 1.